The lowest BCUT2D eigenvalue weighted by Crippen LogP contribution is -2.42. The molecule has 2 aromatic rings. The summed E-state index contributed by atoms with van der Waals surface area (Å²) in [5, 5.41) is 11.6. The van der Waals surface area contributed by atoms with Gasteiger partial charge in [0.1, 0.15) is 13.2 Å². The summed E-state index contributed by atoms with van der Waals surface area (Å²) in [6, 6.07) is 16.6. The first-order valence-electron chi connectivity index (χ1n) is 9.13. The third-order valence-electron chi connectivity index (χ3n) is 4.41. The molecule has 0 aromatic heterocycles. The fourth-order valence-corrected chi connectivity index (χ4v) is 2.94. The van der Waals surface area contributed by atoms with E-state index in [-0.39, 0.29) is 6.61 Å². The topological polar surface area (TPSA) is 46.5 Å². The van der Waals surface area contributed by atoms with Crippen LogP contribution in [-0.4, -0.2) is 49.9 Å². The first kappa shape index (κ1) is 20.1. The minimum Gasteiger partial charge on any atom is -0.457 e. The zero-order valence-electron chi connectivity index (χ0n) is 16.2. The van der Waals surface area contributed by atoms with E-state index >= 15 is 0 Å². The van der Waals surface area contributed by atoms with E-state index in [1.165, 1.54) is 0 Å². The Hall–Kier alpha value is -2.17. The second-order valence-corrected chi connectivity index (χ2v) is 7.63. The number of aliphatic hydroxyl groups is 1. The summed E-state index contributed by atoms with van der Waals surface area (Å²) in [4.78, 5) is 13.0. The largest absolute Gasteiger partial charge is 0.457 e. The van der Waals surface area contributed by atoms with E-state index in [9.17, 15) is 9.90 Å². The third kappa shape index (κ3) is 4.71. The zero-order chi connectivity index (χ0) is 19.2. The van der Waals surface area contributed by atoms with Crippen molar-refractivity contribution in [2.75, 3.05) is 34.3 Å². The van der Waals surface area contributed by atoms with Crippen molar-refractivity contribution in [1.82, 2.24) is 0 Å². The summed E-state index contributed by atoms with van der Waals surface area (Å²) in [6.45, 7) is 3.01. The molecule has 4 nitrogen and oxygen atoms in total. The van der Waals surface area contributed by atoms with Crippen LogP contribution in [0.5, 0.6) is 0 Å². The van der Waals surface area contributed by atoms with Crippen molar-refractivity contribution in [2.45, 2.75) is 25.4 Å². The zero-order valence-corrected chi connectivity index (χ0v) is 16.2. The predicted octanol–water partition coefficient (Wildman–Crippen LogP) is 3.12. The normalized spacial score (nSPS) is 13.9. The maximum absolute atomic E-state index is 13.0. The summed E-state index contributed by atoms with van der Waals surface area (Å²) in [7, 11) is 6.11. The Labute approximate surface area is 156 Å². The van der Waals surface area contributed by atoms with Crippen LogP contribution in [0.3, 0.4) is 0 Å². The van der Waals surface area contributed by atoms with Crippen molar-refractivity contribution >= 4 is 5.97 Å². The Bertz CT molecular complexity index is 722. The number of nitrogens with zero attached hydrogens (tertiary/aromatic N) is 1. The molecular formula is C22H30NO3+. The minimum atomic E-state index is -1.81. The van der Waals surface area contributed by atoms with Crippen molar-refractivity contribution in [1.29, 1.82) is 0 Å². The molecule has 1 atom stereocenters. The second kappa shape index (κ2) is 8.47. The van der Waals surface area contributed by atoms with Crippen LogP contribution < -0.4 is 0 Å². The number of aryl methyl sites for hydroxylation is 1. The fourth-order valence-electron chi connectivity index (χ4n) is 2.94. The summed E-state index contributed by atoms with van der Waals surface area (Å²) < 4.78 is 6.20. The maximum atomic E-state index is 13.0. The summed E-state index contributed by atoms with van der Waals surface area (Å²) in [5.74, 6) is -0.624. The van der Waals surface area contributed by atoms with Gasteiger partial charge in [-0.3, -0.25) is 0 Å². The molecule has 0 radical (unpaired) electrons. The van der Waals surface area contributed by atoms with Gasteiger partial charge >= 0.3 is 5.97 Å². The highest BCUT2D eigenvalue weighted by atomic mass is 16.5. The first-order chi connectivity index (χ1) is 12.3. The number of hydrogen-bond acceptors (Lipinski definition) is 3. The van der Waals surface area contributed by atoms with Crippen LogP contribution in [0.25, 0.3) is 0 Å². The maximum Gasteiger partial charge on any atom is 0.347 e. The number of carbonyl (C=O) groups excluding carboxylic acids is 1. The molecule has 0 spiro atoms. The van der Waals surface area contributed by atoms with Gasteiger partial charge in [0.2, 0.25) is 5.60 Å². The molecule has 0 heterocycles. The number of quaternary nitrogens is 1. The van der Waals surface area contributed by atoms with E-state index in [1.54, 1.807) is 12.1 Å². The van der Waals surface area contributed by atoms with Crippen LogP contribution >= 0.6 is 0 Å². The van der Waals surface area contributed by atoms with Gasteiger partial charge in [0.15, 0.2) is 0 Å². The van der Waals surface area contributed by atoms with Crippen LogP contribution in [0.1, 0.15) is 30.0 Å². The van der Waals surface area contributed by atoms with Crippen molar-refractivity contribution in [2.24, 2.45) is 0 Å². The molecule has 2 rings (SSSR count). The summed E-state index contributed by atoms with van der Waals surface area (Å²) in [6.07, 6.45) is 1.72. The first-order valence-corrected chi connectivity index (χ1v) is 9.13. The van der Waals surface area contributed by atoms with Gasteiger partial charge in [-0.15, -0.1) is 0 Å². The van der Waals surface area contributed by atoms with Gasteiger partial charge in [-0.1, -0.05) is 67.9 Å². The van der Waals surface area contributed by atoms with Crippen molar-refractivity contribution in [3.8, 4) is 0 Å². The lowest BCUT2D eigenvalue weighted by Gasteiger charge is -2.30. The molecule has 1 N–H and O–H groups in total. The molecule has 140 valence electrons. The van der Waals surface area contributed by atoms with E-state index in [4.69, 9.17) is 4.74 Å². The lowest BCUT2D eigenvalue weighted by atomic mass is 9.82. The molecule has 0 saturated carbocycles. The molecule has 0 saturated heterocycles. The van der Waals surface area contributed by atoms with Crippen LogP contribution in [-0.2, 0) is 21.6 Å². The number of rotatable bonds is 8. The van der Waals surface area contributed by atoms with Gasteiger partial charge in [-0.2, -0.15) is 0 Å². The van der Waals surface area contributed by atoms with Crippen LogP contribution in [0.2, 0.25) is 0 Å². The highest BCUT2D eigenvalue weighted by Gasteiger charge is 2.43. The molecule has 0 amide bonds. The molecule has 0 bridgehead atoms. The average Bonchev–Trinajstić information content (AvgIpc) is 2.61. The van der Waals surface area contributed by atoms with E-state index in [1.807, 2.05) is 63.6 Å². The summed E-state index contributed by atoms with van der Waals surface area (Å²) in [5.41, 5.74) is 0.282. The van der Waals surface area contributed by atoms with Gasteiger partial charge in [-0.05, 0) is 17.5 Å². The molecule has 0 aliphatic carbocycles. The molecule has 0 fully saturated rings. The highest BCUT2D eigenvalue weighted by Crippen LogP contribution is 2.34. The van der Waals surface area contributed by atoms with E-state index in [0.717, 1.165) is 18.4 Å². The van der Waals surface area contributed by atoms with Gasteiger partial charge in [0.05, 0.1) is 21.1 Å². The number of ether oxygens (including phenoxy) is 1. The average molecular weight is 356 g/mol. The molecule has 0 aliphatic rings. The monoisotopic (exact) mass is 356 g/mol. The number of carbonyl (C=O) groups is 1. The quantitative estimate of drug-likeness (QED) is 0.584. The van der Waals surface area contributed by atoms with Gasteiger partial charge < -0.3 is 14.3 Å². The molecule has 4 heteroatoms. The van der Waals surface area contributed by atoms with Crippen molar-refractivity contribution in [3.05, 3.63) is 71.3 Å². The van der Waals surface area contributed by atoms with Crippen molar-refractivity contribution < 1.29 is 19.1 Å². The SMILES string of the molecule is CCCc1ccccc1C(O)(C(=O)OCC[N+](C)(C)C)c1ccccc1. The van der Waals surface area contributed by atoms with Crippen molar-refractivity contribution in [3.63, 3.8) is 0 Å². The summed E-state index contributed by atoms with van der Waals surface area (Å²) >= 11 is 0. The lowest BCUT2D eigenvalue weighted by molar-refractivity contribution is -0.870. The van der Waals surface area contributed by atoms with E-state index < -0.39 is 11.6 Å². The van der Waals surface area contributed by atoms with Gasteiger partial charge in [0, 0.05) is 5.56 Å². The number of benzene rings is 2. The number of esters is 1. The Morgan fingerprint density at radius 3 is 2.27 bits per heavy atom. The third-order valence-corrected chi connectivity index (χ3v) is 4.41. The van der Waals surface area contributed by atoms with Gasteiger partial charge in [0.25, 0.3) is 0 Å². The smallest absolute Gasteiger partial charge is 0.347 e. The van der Waals surface area contributed by atoms with Crippen LogP contribution in [0.4, 0.5) is 0 Å². The molecule has 0 aliphatic heterocycles. The Morgan fingerprint density at radius 2 is 1.65 bits per heavy atom. The Balaban J connectivity index is 2.43. The van der Waals surface area contributed by atoms with Gasteiger partial charge in [-0.25, -0.2) is 4.79 Å². The van der Waals surface area contributed by atoms with E-state index in [2.05, 4.69) is 6.92 Å². The van der Waals surface area contributed by atoms with Crippen LogP contribution in [0.15, 0.2) is 54.6 Å². The Kier molecular flexibility index (Phi) is 6.57. The standard InChI is InChI=1S/C22H30NO3/c1-5-11-18-12-9-10-15-20(18)22(25,19-13-7-6-8-14-19)21(24)26-17-16-23(2,3)4/h6-10,12-15,25H,5,11,16-17H2,1-4H3/q+1. The highest BCUT2D eigenvalue weighted by molar-refractivity contribution is 5.86. The minimum absolute atomic E-state index is 0.257. The second-order valence-electron chi connectivity index (χ2n) is 7.63. The fraction of sp³-hybridized carbons (Fsp3) is 0.409. The molecule has 2 aromatic carbocycles. The van der Waals surface area contributed by atoms with Crippen LogP contribution in [0, 0.1) is 0 Å². The number of likely N-dealkylation sites (N-methyl/N-ethyl adjacent to an activating group) is 1. The van der Waals surface area contributed by atoms with E-state index in [0.29, 0.717) is 22.2 Å². The number of hydrogen-bond donors (Lipinski definition) is 1. The molecule has 1 unspecified atom stereocenters. The molecular weight excluding hydrogens is 326 g/mol. The Morgan fingerprint density at radius 1 is 1.04 bits per heavy atom. The molecule has 26 heavy (non-hydrogen) atoms. The predicted molar refractivity (Wildman–Crippen MR) is 104 cm³/mol.